The summed E-state index contributed by atoms with van der Waals surface area (Å²) >= 11 is 0. The molecule has 0 aliphatic heterocycles. The first-order valence-electron chi connectivity index (χ1n) is 3.27. The van der Waals surface area contributed by atoms with E-state index < -0.39 is 0 Å². The Morgan fingerprint density at radius 3 is 2.70 bits per heavy atom. The monoisotopic (exact) mass is 137 g/mol. The molecule has 0 spiro atoms. The molecule has 0 fully saturated rings. The van der Waals surface area contributed by atoms with Crippen molar-refractivity contribution in [1.82, 2.24) is 4.57 Å². The predicted molar refractivity (Wildman–Crippen MR) is 40.6 cm³/mol. The molecular weight excluding hydrogens is 126 g/mol. The van der Waals surface area contributed by atoms with E-state index in [-0.39, 0.29) is 0 Å². The van der Waals surface area contributed by atoms with Crippen LogP contribution < -0.4 is 0 Å². The molecule has 0 aliphatic carbocycles. The van der Waals surface area contributed by atoms with Crippen molar-refractivity contribution in [3.8, 4) is 0 Å². The summed E-state index contributed by atoms with van der Waals surface area (Å²) in [4.78, 5) is 0. The second-order valence-corrected chi connectivity index (χ2v) is 1.96. The van der Waals surface area contributed by atoms with Crippen LogP contribution in [0.5, 0.6) is 0 Å². The van der Waals surface area contributed by atoms with Crippen LogP contribution in [0.15, 0.2) is 37.4 Å². The number of nitrogens with zero attached hydrogens (tertiary/aromatic N) is 1. The molecule has 0 N–H and O–H groups in total. The Morgan fingerprint density at radius 1 is 1.40 bits per heavy atom. The Morgan fingerprint density at radius 2 is 2.10 bits per heavy atom. The van der Waals surface area contributed by atoms with E-state index in [9.17, 15) is 0 Å². The van der Waals surface area contributed by atoms with Gasteiger partial charge in [0.25, 0.3) is 0 Å². The predicted octanol–water partition coefficient (Wildman–Crippen LogP) is 1.65. The van der Waals surface area contributed by atoms with Gasteiger partial charge in [0, 0.05) is 12.4 Å². The standard InChI is InChI=1S/C8H11NO/c1-2-10-8-7-9-5-3-4-6-9/h2-6H,1,7-8H2. The molecule has 0 radical (unpaired) electrons. The molecule has 0 atom stereocenters. The lowest BCUT2D eigenvalue weighted by Crippen LogP contribution is -1.99. The maximum absolute atomic E-state index is 4.95. The Balaban J connectivity index is 2.21. The third kappa shape index (κ3) is 1.97. The summed E-state index contributed by atoms with van der Waals surface area (Å²) in [6, 6.07) is 3.99. The van der Waals surface area contributed by atoms with Crippen molar-refractivity contribution in [1.29, 1.82) is 0 Å². The third-order valence-electron chi connectivity index (χ3n) is 1.25. The fraction of sp³-hybridized carbons (Fsp3) is 0.250. The number of ether oxygens (including phenoxy) is 1. The molecule has 1 heterocycles. The van der Waals surface area contributed by atoms with Crippen molar-refractivity contribution >= 4 is 0 Å². The molecule has 2 nitrogen and oxygen atoms in total. The minimum Gasteiger partial charge on any atom is -0.500 e. The number of hydrogen-bond acceptors (Lipinski definition) is 1. The summed E-state index contributed by atoms with van der Waals surface area (Å²) < 4.78 is 7.01. The van der Waals surface area contributed by atoms with E-state index in [1.54, 1.807) is 0 Å². The molecule has 0 saturated heterocycles. The lowest BCUT2D eigenvalue weighted by atomic mass is 10.7. The van der Waals surface area contributed by atoms with Crippen LogP contribution >= 0.6 is 0 Å². The molecule has 1 rings (SSSR count). The van der Waals surface area contributed by atoms with Gasteiger partial charge in [0.05, 0.1) is 12.8 Å². The molecule has 0 aromatic carbocycles. The van der Waals surface area contributed by atoms with Crippen LogP contribution in [-0.4, -0.2) is 11.2 Å². The van der Waals surface area contributed by atoms with Crippen LogP contribution in [0.2, 0.25) is 0 Å². The van der Waals surface area contributed by atoms with E-state index in [1.165, 1.54) is 6.26 Å². The van der Waals surface area contributed by atoms with Crippen LogP contribution in [0.3, 0.4) is 0 Å². The number of aromatic nitrogens is 1. The van der Waals surface area contributed by atoms with Crippen molar-refractivity contribution in [2.45, 2.75) is 6.54 Å². The van der Waals surface area contributed by atoms with Crippen molar-refractivity contribution in [2.75, 3.05) is 6.61 Å². The average molecular weight is 137 g/mol. The molecule has 1 aromatic heterocycles. The molecule has 0 amide bonds. The fourth-order valence-electron chi connectivity index (χ4n) is 0.761. The van der Waals surface area contributed by atoms with Crippen molar-refractivity contribution in [3.63, 3.8) is 0 Å². The van der Waals surface area contributed by atoms with E-state index in [4.69, 9.17) is 4.74 Å². The zero-order valence-corrected chi connectivity index (χ0v) is 5.86. The van der Waals surface area contributed by atoms with Gasteiger partial charge in [-0.25, -0.2) is 0 Å². The van der Waals surface area contributed by atoms with Gasteiger partial charge in [0.1, 0.15) is 6.61 Å². The highest BCUT2D eigenvalue weighted by Gasteiger charge is 1.85. The van der Waals surface area contributed by atoms with E-state index in [0.717, 1.165) is 6.54 Å². The highest BCUT2D eigenvalue weighted by molar-refractivity contribution is 4.89. The van der Waals surface area contributed by atoms with Crippen molar-refractivity contribution < 1.29 is 4.74 Å². The molecule has 1 aromatic rings. The molecular formula is C8H11NO. The maximum Gasteiger partial charge on any atom is 0.105 e. The first-order chi connectivity index (χ1) is 4.93. The fourth-order valence-corrected chi connectivity index (χ4v) is 0.761. The zero-order chi connectivity index (χ0) is 7.23. The summed E-state index contributed by atoms with van der Waals surface area (Å²) in [7, 11) is 0. The quantitative estimate of drug-likeness (QED) is 0.454. The summed E-state index contributed by atoms with van der Waals surface area (Å²) in [5, 5.41) is 0. The van der Waals surface area contributed by atoms with Crippen LogP contribution in [0.4, 0.5) is 0 Å². The van der Waals surface area contributed by atoms with Gasteiger partial charge < -0.3 is 9.30 Å². The Labute approximate surface area is 60.7 Å². The van der Waals surface area contributed by atoms with Crippen molar-refractivity contribution in [2.24, 2.45) is 0 Å². The van der Waals surface area contributed by atoms with E-state index >= 15 is 0 Å². The zero-order valence-electron chi connectivity index (χ0n) is 5.86. The topological polar surface area (TPSA) is 14.2 Å². The van der Waals surface area contributed by atoms with E-state index in [1.807, 2.05) is 24.5 Å². The first kappa shape index (κ1) is 6.93. The van der Waals surface area contributed by atoms with Gasteiger partial charge in [-0.05, 0) is 12.1 Å². The maximum atomic E-state index is 4.95. The molecule has 54 valence electrons. The smallest absolute Gasteiger partial charge is 0.105 e. The minimum absolute atomic E-state index is 0.693. The van der Waals surface area contributed by atoms with Gasteiger partial charge in [-0.3, -0.25) is 0 Å². The Bertz CT molecular complexity index is 179. The second kappa shape index (κ2) is 3.77. The lowest BCUT2D eigenvalue weighted by molar-refractivity contribution is 0.236. The SMILES string of the molecule is C=COCCn1cccc1. The normalized spacial score (nSPS) is 9.20. The lowest BCUT2D eigenvalue weighted by Gasteiger charge is -2.00. The summed E-state index contributed by atoms with van der Waals surface area (Å²) in [5.74, 6) is 0. The van der Waals surface area contributed by atoms with Gasteiger partial charge in [0.2, 0.25) is 0 Å². The Hall–Kier alpha value is -1.18. The summed E-state index contributed by atoms with van der Waals surface area (Å²) in [6.45, 7) is 5.03. The number of rotatable bonds is 4. The van der Waals surface area contributed by atoms with Gasteiger partial charge in [-0.1, -0.05) is 6.58 Å². The van der Waals surface area contributed by atoms with Gasteiger partial charge in [0.15, 0.2) is 0 Å². The molecule has 0 unspecified atom stereocenters. The molecule has 0 aliphatic rings. The molecule has 10 heavy (non-hydrogen) atoms. The molecule has 0 bridgehead atoms. The van der Waals surface area contributed by atoms with Crippen LogP contribution in [0.1, 0.15) is 0 Å². The molecule has 2 heteroatoms. The van der Waals surface area contributed by atoms with Gasteiger partial charge in [-0.15, -0.1) is 0 Å². The van der Waals surface area contributed by atoms with Gasteiger partial charge >= 0.3 is 0 Å². The average Bonchev–Trinajstić information content (AvgIpc) is 2.41. The highest BCUT2D eigenvalue weighted by Crippen LogP contribution is 1.89. The number of hydrogen-bond donors (Lipinski definition) is 0. The van der Waals surface area contributed by atoms with Crippen LogP contribution in [-0.2, 0) is 11.3 Å². The Kier molecular flexibility index (Phi) is 2.62. The minimum atomic E-state index is 0.693. The summed E-state index contributed by atoms with van der Waals surface area (Å²) in [6.07, 6.45) is 5.47. The van der Waals surface area contributed by atoms with E-state index in [0.29, 0.717) is 6.61 Å². The largest absolute Gasteiger partial charge is 0.500 e. The molecule has 0 saturated carbocycles. The van der Waals surface area contributed by atoms with Crippen LogP contribution in [0, 0.1) is 0 Å². The van der Waals surface area contributed by atoms with E-state index in [2.05, 4.69) is 11.1 Å². The third-order valence-corrected chi connectivity index (χ3v) is 1.25. The highest BCUT2D eigenvalue weighted by atomic mass is 16.5. The van der Waals surface area contributed by atoms with Crippen LogP contribution in [0.25, 0.3) is 0 Å². The van der Waals surface area contributed by atoms with Gasteiger partial charge in [-0.2, -0.15) is 0 Å². The first-order valence-corrected chi connectivity index (χ1v) is 3.27. The second-order valence-electron chi connectivity index (χ2n) is 1.96. The summed E-state index contributed by atoms with van der Waals surface area (Å²) in [5.41, 5.74) is 0. The van der Waals surface area contributed by atoms with Crippen molar-refractivity contribution in [3.05, 3.63) is 37.4 Å².